The van der Waals surface area contributed by atoms with E-state index in [0.29, 0.717) is 17.0 Å². The van der Waals surface area contributed by atoms with Gasteiger partial charge in [-0.3, -0.25) is 0 Å². The van der Waals surface area contributed by atoms with Crippen LogP contribution in [0.15, 0.2) is 23.6 Å². The van der Waals surface area contributed by atoms with Gasteiger partial charge in [0.15, 0.2) is 11.6 Å². The fraction of sp³-hybridized carbons (Fsp3) is 0.182. The third-order valence-electron chi connectivity index (χ3n) is 2.09. The fourth-order valence-electron chi connectivity index (χ4n) is 1.30. The Hall–Kier alpha value is -1.33. The van der Waals surface area contributed by atoms with E-state index < -0.39 is 11.6 Å². The van der Waals surface area contributed by atoms with E-state index in [1.165, 1.54) is 17.4 Å². The first-order valence-electron chi connectivity index (χ1n) is 4.71. The Morgan fingerprint density at radius 2 is 2.06 bits per heavy atom. The highest BCUT2D eigenvalue weighted by Gasteiger charge is 2.08. The number of hydrogen-bond acceptors (Lipinski definition) is 3. The maximum atomic E-state index is 13.0. The van der Waals surface area contributed by atoms with E-state index in [0.717, 1.165) is 17.8 Å². The summed E-state index contributed by atoms with van der Waals surface area (Å²) in [7, 11) is 0. The van der Waals surface area contributed by atoms with E-state index in [4.69, 9.17) is 5.11 Å². The Morgan fingerprint density at radius 1 is 1.25 bits per heavy atom. The summed E-state index contributed by atoms with van der Waals surface area (Å²) < 4.78 is 25.7. The van der Waals surface area contributed by atoms with Crippen LogP contribution in [0.2, 0.25) is 0 Å². The SMILES string of the molecule is OCCc1csc(-c2ccc(F)c(F)c2)n1. The predicted octanol–water partition coefficient (Wildman–Crippen LogP) is 2.62. The smallest absolute Gasteiger partial charge is 0.159 e. The zero-order valence-corrected chi connectivity index (χ0v) is 9.10. The van der Waals surface area contributed by atoms with Crippen molar-refractivity contribution in [3.05, 3.63) is 40.9 Å². The number of aromatic nitrogens is 1. The second kappa shape index (κ2) is 4.67. The molecule has 0 saturated carbocycles. The van der Waals surface area contributed by atoms with Crippen LogP contribution in [0.3, 0.4) is 0 Å². The molecule has 84 valence electrons. The van der Waals surface area contributed by atoms with Crippen LogP contribution in [0.5, 0.6) is 0 Å². The first-order valence-corrected chi connectivity index (χ1v) is 5.59. The average molecular weight is 241 g/mol. The summed E-state index contributed by atoms with van der Waals surface area (Å²) in [6.45, 7) is 0.0287. The number of nitrogens with zero attached hydrogens (tertiary/aromatic N) is 1. The van der Waals surface area contributed by atoms with Crippen molar-refractivity contribution in [1.82, 2.24) is 4.98 Å². The second-order valence-electron chi connectivity index (χ2n) is 3.25. The van der Waals surface area contributed by atoms with Gasteiger partial charge in [-0.1, -0.05) is 0 Å². The van der Waals surface area contributed by atoms with E-state index >= 15 is 0 Å². The molecule has 16 heavy (non-hydrogen) atoms. The molecular weight excluding hydrogens is 232 g/mol. The fourth-order valence-corrected chi connectivity index (χ4v) is 2.15. The van der Waals surface area contributed by atoms with Gasteiger partial charge in [0.25, 0.3) is 0 Å². The highest BCUT2D eigenvalue weighted by atomic mass is 32.1. The van der Waals surface area contributed by atoms with Gasteiger partial charge < -0.3 is 5.11 Å². The normalized spacial score (nSPS) is 10.7. The van der Waals surface area contributed by atoms with Crippen molar-refractivity contribution in [1.29, 1.82) is 0 Å². The minimum Gasteiger partial charge on any atom is -0.396 e. The number of benzene rings is 1. The van der Waals surface area contributed by atoms with E-state index in [-0.39, 0.29) is 6.61 Å². The Balaban J connectivity index is 2.31. The summed E-state index contributed by atoms with van der Waals surface area (Å²) in [5, 5.41) is 11.2. The van der Waals surface area contributed by atoms with E-state index in [1.54, 1.807) is 5.38 Å². The van der Waals surface area contributed by atoms with Crippen molar-refractivity contribution in [2.45, 2.75) is 6.42 Å². The van der Waals surface area contributed by atoms with Gasteiger partial charge >= 0.3 is 0 Å². The Labute approximate surface area is 95.2 Å². The molecule has 0 saturated heterocycles. The minimum atomic E-state index is -0.878. The Bertz CT molecular complexity index is 498. The zero-order valence-electron chi connectivity index (χ0n) is 8.28. The van der Waals surface area contributed by atoms with Crippen LogP contribution in [0.4, 0.5) is 8.78 Å². The van der Waals surface area contributed by atoms with Gasteiger partial charge in [0.1, 0.15) is 5.01 Å². The van der Waals surface area contributed by atoms with Crippen molar-refractivity contribution < 1.29 is 13.9 Å². The van der Waals surface area contributed by atoms with Gasteiger partial charge in [0.05, 0.1) is 5.69 Å². The first-order chi connectivity index (χ1) is 7.70. The summed E-state index contributed by atoms with van der Waals surface area (Å²) in [6.07, 6.45) is 0.472. The van der Waals surface area contributed by atoms with Gasteiger partial charge in [-0.25, -0.2) is 13.8 Å². The minimum absolute atomic E-state index is 0.0287. The number of halogens is 2. The third-order valence-corrected chi connectivity index (χ3v) is 3.03. The molecule has 0 amide bonds. The largest absolute Gasteiger partial charge is 0.396 e. The number of aliphatic hydroxyl groups is 1. The summed E-state index contributed by atoms with van der Waals surface area (Å²) in [6, 6.07) is 3.69. The predicted molar refractivity (Wildman–Crippen MR) is 58.3 cm³/mol. The van der Waals surface area contributed by atoms with Crippen LogP contribution < -0.4 is 0 Å². The molecule has 0 radical (unpaired) electrons. The maximum absolute atomic E-state index is 13.0. The molecule has 1 N–H and O–H groups in total. The van der Waals surface area contributed by atoms with Crippen LogP contribution >= 0.6 is 11.3 Å². The standard InChI is InChI=1S/C11H9F2NOS/c12-9-2-1-7(5-10(9)13)11-14-8(3-4-15)6-16-11/h1-2,5-6,15H,3-4H2. The lowest BCUT2D eigenvalue weighted by atomic mass is 10.2. The maximum Gasteiger partial charge on any atom is 0.159 e. The van der Waals surface area contributed by atoms with Gasteiger partial charge in [-0.2, -0.15) is 0 Å². The van der Waals surface area contributed by atoms with Gasteiger partial charge in [0.2, 0.25) is 0 Å². The molecule has 5 heteroatoms. The van der Waals surface area contributed by atoms with E-state index in [1.807, 2.05) is 0 Å². The quantitative estimate of drug-likeness (QED) is 0.896. The van der Waals surface area contributed by atoms with Crippen molar-refractivity contribution in [3.63, 3.8) is 0 Å². The molecule has 2 nitrogen and oxygen atoms in total. The molecule has 0 spiro atoms. The van der Waals surface area contributed by atoms with E-state index in [2.05, 4.69) is 4.98 Å². The average Bonchev–Trinajstić information content (AvgIpc) is 2.71. The zero-order chi connectivity index (χ0) is 11.5. The molecule has 0 aliphatic heterocycles. The highest BCUT2D eigenvalue weighted by Crippen LogP contribution is 2.25. The summed E-state index contributed by atoms with van der Waals surface area (Å²) in [5.74, 6) is -1.74. The van der Waals surface area contributed by atoms with Crippen molar-refractivity contribution in [2.75, 3.05) is 6.61 Å². The van der Waals surface area contributed by atoms with Gasteiger partial charge in [-0.15, -0.1) is 11.3 Å². The molecule has 1 aromatic carbocycles. The van der Waals surface area contributed by atoms with Crippen LogP contribution in [0, 0.1) is 11.6 Å². The van der Waals surface area contributed by atoms with Crippen molar-refractivity contribution in [2.24, 2.45) is 0 Å². The van der Waals surface area contributed by atoms with Crippen molar-refractivity contribution >= 4 is 11.3 Å². The van der Waals surface area contributed by atoms with Gasteiger partial charge in [0, 0.05) is 24.0 Å². The molecule has 0 bridgehead atoms. The molecule has 0 atom stereocenters. The molecular formula is C11H9F2NOS. The third kappa shape index (κ3) is 2.25. The number of hydrogen-bond donors (Lipinski definition) is 1. The van der Waals surface area contributed by atoms with Crippen LogP contribution in [0.25, 0.3) is 10.6 Å². The number of rotatable bonds is 3. The van der Waals surface area contributed by atoms with Gasteiger partial charge in [-0.05, 0) is 18.2 Å². The summed E-state index contributed by atoms with van der Waals surface area (Å²) in [5.41, 5.74) is 1.31. The van der Waals surface area contributed by atoms with Crippen molar-refractivity contribution in [3.8, 4) is 10.6 Å². The molecule has 2 aromatic rings. The summed E-state index contributed by atoms with van der Waals surface area (Å²) >= 11 is 1.35. The molecule has 0 aliphatic carbocycles. The molecule has 0 fully saturated rings. The lowest BCUT2D eigenvalue weighted by Gasteiger charge is -1.97. The lowest BCUT2D eigenvalue weighted by molar-refractivity contribution is 0.298. The Morgan fingerprint density at radius 3 is 2.75 bits per heavy atom. The first kappa shape index (κ1) is 11.2. The van der Waals surface area contributed by atoms with Crippen LogP contribution in [0.1, 0.15) is 5.69 Å². The molecule has 1 aromatic heterocycles. The number of thiazole rings is 1. The highest BCUT2D eigenvalue weighted by molar-refractivity contribution is 7.13. The summed E-state index contributed by atoms with van der Waals surface area (Å²) in [4.78, 5) is 4.21. The molecule has 0 unspecified atom stereocenters. The molecule has 2 rings (SSSR count). The van der Waals surface area contributed by atoms with E-state index in [9.17, 15) is 8.78 Å². The monoisotopic (exact) mass is 241 g/mol. The Kier molecular flexibility index (Phi) is 3.26. The second-order valence-corrected chi connectivity index (χ2v) is 4.10. The topological polar surface area (TPSA) is 33.1 Å². The lowest BCUT2D eigenvalue weighted by Crippen LogP contribution is -1.90. The van der Waals surface area contributed by atoms with Crippen LogP contribution in [-0.4, -0.2) is 16.7 Å². The van der Waals surface area contributed by atoms with Crippen LogP contribution in [-0.2, 0) is 6.42 Å². The molecule has 1 heterocycles. The molecule has 0 aliphatic rings. The number of aliphatic hydroxyl groups excluding tert-OH is 1.